The molecule has 10 heteroatoms. The zero-order valence-corrected chi connectivity index (χ0v) is 17.0. The van der Waals surface area contributed by atoms with Crippen molar-refractivity contribution in [3.8, 4) is 17.2 Å². The van der Waals surface area contributed by atoms with E-state index in [1.807, 2.05) is 0 Å². The summed E-state index contributed by atoms with van der Waals surface area (Å²) in [6, 6.07) is 11.9. The highest BCUT2D eigenvalue weighted by Crippen LogP contribution is 2.32. The van der Waals surface area contributed by atoms with Crippen LogP contribution in [0.1, 0.15) is 16.3 Å². The van der Waals surface area contributed by atoms with Crippen LogP contribution in [-0.2, 0) is 6.61 Å². The van der Waals surface area contributed by atoms with Crippen LogP contribution in [0.3, 0.4) is 0 Å². The van der Waals surface area contributed by atoms with Crippen LogP contribution in [0, 0.1) is 0 Å². The molecule has 1 N–H and O–H groups in total. The van der Waals surface area contributed by atoms with Crippen molar-refractivity contribution in [3.63, 3.8) is 0 Å². The molecule has 1 amide bonds. The number of nitrogens with one attached hydrogen (secondary N) is 1. The van der Waals surface area contributed by atoms with Crippen molar-refractivity contribution < 1.29 is 32.2 Å². The Morgan fingerprint density at radius 1 is 1.07 bits per heavy atom. The van der Waals surface area contributed by atoms with Crippen LogP contribution >= 0.6 is 23.2 Å². The summed E-state index contributed by atoms with van der Waals surface area (Å²) in [5.41, 5.74) is 0.306. The third kappa shape index (κ3) is 5.55. The molecule has 0 saturated carbocycles. The molecule has 0 aliphatic rings. The Bertz CT molecular complexity index is 1040. The molecular weight excluding hydrogens is 443 g/mol. The molecule has 3 aromatic rings. The Hall–Kier alpha value is -2.97. The van der Waals surface area contributed by atoms with Crippen molar-refractivity contribution in [2.75, 3.05) is 12.4 Å². The maximum Gasteiger partial charge on any atom is 0.387 e. The molecule has 6 nitrogen and oxygen atoms in total. The zero-order valence-electron chi connectivity index (χ0n) is 15.5. The second kappa shape index (κ2) is 9.69. The van der Waals surface area contributed by atoms with Crippen LogP contribution in [0.4, 0.5) is 14.5 Å². The van der Waals surface area contributed by atoms with Gasteiger partial charge in [0, 0.05) is 16.8 Å². The lowest BCUT2D eigenvalue weighted by molar-refractivity contribution is -0.0512. The molecule has 1 heterocycles. The van der Waals surface area contributed by atoms with Gasteiger partial charge in [-0.05, 0) is 42.5 Å². The minimum Gasteiger partial charge on any atom is -0.493 e. The number of hydrogen-bond acceptors (Lipinski definition) is 5. The van der Waals surface area contributed by atoms with E-state index in [4.69, 9.17) is 37.1 Å². The van der Waals surface area contributed by atoms with E-state index in [9.17, 15) is 13.6 Å². The fourth-order valence-corrected chi connectivity index (χ4v) is 2.91. The van der Waals surface area contributed by atoms with E-state index in [1.165, 1.54) is 31.4 Å². The topological polar surface area (TPSA) is 69.9 Å². The van der Waals surface area contributed by atoms with Gasteiger partial charge < -0.3 is 23.9 Å². The summed E-state index contributed by atoms with van der Waals surface area (Å²) >= 11 is 11.9. The fraction of sp³-hybridized carbons (Fsp3) is 0.150. The number of alkyl halides is 2. The van der Waals surface area contributed by atoms with Crippen molar-refractivity contribution in [2.24, 2.45) is 0 Å². The number of anilines is 1. The van der Waals surface area contributed by atoms with Gasteiger partial charge in [0.15, 0.2) is 17.3 Å². The SMILES string of the molecule is COc1cc(NC(=O)c2ccc(COc3ccc(Cl)cc3Cl)o2)ccc1OC(F)F. The fourth-order valence-electron chi connectivity index (χ4n) is 2.45. The van der Waals surface area contributed by atoms with Gasteiger partial charge in [-0.3, -0.25) is 4.79 Å². The first kappa shape index (κ1) is 21.7. The van der Waals surface area contributed by atoms with Crippen LogP contribution in [0.5, 0.6) is 17.2 Å². The van der Waals surface area contributed by atoms with E-state index >= 15 is 0 Å². The standard InChI is InChI=1S/C20H15Cl2F2NO5/c1-27-18-9-12(3-6-16(18)30-20(23)24)25-19(26)17-7-4-13(29-17)10-28-15-5-2-11(21)8-14(15)22/h2-9,20H,10H2,1H3,(H,25,26). The molecule has 0 aliphatic carbocycles. The quantitative estimate of drug-likeness (QED) is 0.447. The predicted molar refractivity (Wildman–Crippen MR) is 107 cm³/mol. The Morgan fingerprint density at radius 3 is 2.53 bits per heavy atom. The molecule has 1 aromatic heterocycles. The highest BCUT2D eigenvalue weighted by Gasteiger charge is 2.15. The number of benzene rings is 2. The van der Waals surface area contributed by atoms with Crippen LogP contribution < -0.4 is 19.5 Å². The lowest BCUT2D eigenvalue weighted by atomic mass is 10.2. The predicted octanol–water partition coefficient (Wildman–Crippen LogP) is 6.03. The van der Waals surface area contributed by atoms with Gasteiger partial charge in [0.25, 0.3) is 5.91 Å². The Kier molecular flexibility index (Phi) is 7.02. The maximum absolute atomic E-state index is 12.4. The number of amides is 1. The summed E-state index contributed by atoms with van der Waals surface area (Å²) < 4.78 is 45.2. The molecule has 0 saturated heterocycles. The molecule has 3 rings (SSSR count). The van der Waals surface area contributed by atoms with E-state index in [1.54, 1.807) is 24.3 Å². The van der Waals surface area contributed by atoms with E-state index in [0.29, 0.717) is 27.2 Å². The summed E-state index contributed by atoms with van der Waals surface area (Å²) in [5.74, 6) is 0.189. The van der Waals surface area contributed by atoms with E-state index in [2.05, 4.69) is 10.1 Å². The molecule has 2 aromatic carbocycles. The molecule has 0 radical (unpaired) electrons. The van der Waals surface area contributed by atoms with Crippen LogP contribution in [0.25, 0.3) is 0 Å². The Morgan fingerprint density at radius 2 is 1.83 bits per heavy atom. The number of methoxy groups -OCH3 is 1. The van der Waals surface area contributed by atoms with Gasteiger partial charge in [-0.25, -0.2) is 0 Å². The van der Waals surface area contributed by atoms with Crippen molar-refractivity contribution in [1.29, 1.82) is 0 Å². The average Bonchev–Trinajstić information content (AvgIpc) is 3.17. The molecule has 0 bridgehead atoms. The van der Waals surface area contributed by atoms with E-state index in [-0.39, 0.29) is 23.9 Å². The minimum atomic E-state index is -2.99. The largest absolute Gasteiger partial charge is 0.493 e. The van der Waals surface area contributed by atoms with Crippen molar-refractivity contribution >= 4 is 34.8 Å². The lowest BCUT2D eigenvalue weighted by Gasteiger charge is -2.11. The van der Waals surface area contributed by atoms with Gasteiger partial charge >= 0.3 is 6.61 Å². The molecule has 0 atom stereocenters. The third-order valence-corrected chi connectivity index (χ3v) is 4.32. The van der Waals surface area contributed by atoms with Crippen LogP contribution in [-0.4, -0.2) is 19.6 Å². The number of ether oxygens (including phenoxy) is 3. The third-order valence-electron chi connectivity index (χ3n) is 3.79. The summed E-state index contributed by atoms with van der Waals surface area (Å²) in [6.07, 6.45) is 0. The van der Waals surface area contributed by atoms with Gasteiger partial charge in [-0.15, -0.1) is 0 Å². The number of carbonyl (C=O) groups is 1. The highest BCUT2D eigenvalue weighted by molar-refractivity contribution is 6.35. The number of halogens is 4. The number of rotatable bonds is 8. The first-order valence-corrected chi connectivity index (χ1v) is 9.22. The summed E-state index contributed by atoms with van der Waals surface area (Å²) in [4.78, 5) is 12.4. The number of hydrogen-bond donors (Lipinski definition) is 1. The molecular formula is C20H15Cl2F2NO5. The first-order valence-electron chi connectivity index (χ1n) is 8.46. The maximum atomic E-state index is 12.4. The van der Waals surface area contributed by atoms with Gasteiger partial charge in [-0.1, -0.05) is 23.2 Å². The molecule has 30 heavy (non-hydrogen) atoms. The van der Waals surface area contributed by atoms with Crippen LogP contribution in [0.15, 0.2) is 52.9 Å². The van der Waals surface area contributed by atoms with Gasteiger partial charge in [-0.2, -0.15) is 8.78 Å². The van der Waals surface area contributed by atoms with Crippen molar-refractivity contribution in [1.82, 2.24) is 0 Å². The highest BCUT2D eigenvalue weighted by atomic mass is 35.5. The zero-order chi connectivity index (χ0) is 21.7. The second-order valence-corrected chi connectivity index (χ2v) is 6.67. The van der Waals surface area contributed by atoms with Crippen LogP contribution in [0.2, 0.25) is 10.0 Å². The van der Waals surface area contributed by atoms with Gasteiger partial charge in [0.05, 0.1) is 12.1 Å². The Labute approximate surface area is 180 Å². The monoisotopic (exact) mass is 457 g/mol. The summed E-state index contributed by atoms with van der Waals surface area (Å²) in [5, 5.41) is 3.41. The summed E-state index contributed by atoms with van der Waals surface area (Å²) in [6.45, 7) is -2.95. The molecule has 0 aliphatic heterocycles. The van der Waals surface area contributed by atoms with Gasteiger partial charge in [0.2, 0.25) is 0 Å². The van der Waals surface area contributed by atoms with E-state index < -0.39 is 12.5 Å². The van der Waals surface area contributed by atoms with Crippen molar-refractivity contribution in [2.45, 2.75) is 13.2 Å². The second-order valence-electron chi connectivity index (χ2n) is 5.83. The van der Waals surface area contributed by atoms with E-state index in [0.717, 1.165) is 0 Å². The Balaban J connectivity index is 1.63. The normalized spacial score (nSPS) is 10.7. The molecule has 0 spiro atoms. The smallest absolute Gasteiger partial charge is 0.387 e. The lowest BCUT2D eigenvalue weighted by Crippen LogP contribution is -2.11. The summed E-state index contributed by atoms with van der Waals surface area (Å²) in [7, 11) is 1.30. The van der Waals surface area contributed by atoms with Gasteiger partial charge in [0.1, 0.15) is 18.1 Å². The average molecular weight is 458 g/mol. The first-order chi connectivity index (χ1) is 14.4. The number of furan rings is 1. The molecule has 0 fully saturated rings. The molecule has 0 unspecified atom stereocenters. The molecule has 158 valence electrons. The minimum absolute atomic E-state index is 0.0303. The number of carbonyl (C=O) groups excluding carboxylic acids is 1. The van der Waals surface area contributed by atoms with Crippen molar-refractivity contribution in [3.05, 3.63) is 70.1 Å².